The van der Waals surface area contributed by atoms with Crippen LogP contribution in [0.5, 0.6) is 0 Å². The Balaban J connectivity index is 1.35. The third kappa shape index (κ3) is 4.60. The maximum Gasteiger partial charge on any atom is 0.134 e. The fraction of sp³-hybridized carbons (Fsp3) is 0.700. The van der Waals surface area contributed by atoms with Gasteiger partial charge >= 0.3 is 0 Å². The van der Waals surface area contributed by atoms with Crippen LogP contribution in [0.25, 0.3) is 0 Å². The monoisotopic (exact) mass is 385 g/mol. The summed E-state index contributed by atoms with van der Waals surface area (Å²) >= 11 is 0. The molecule has 8 heteroatoms. The van der Waals surface area contributed by atoms with Crippen molar-refractivity contribution in [2.45, 2.75) is 58.2 Å². The zero-order chi connectivity index (χ0) is 19.3. The van der Waals surface area contributed by atoms with Crippen molar-refractivity contribution in [3.63, 3.8) is 0 Å². The average Bonchev–Trinajstić information content (AvgIpc) is 3.22. The quantitative estimate of drug-likeness (QED) is 0.818. The van der Waals surface area contributed by atoms with Crippen LogP contribution in [0.15, 0.2) is 24.8 Å². The Morgan fingerprint density at radius 3 is 2.82 bits per heavy atom. The minimum atomic E-state index is 0.236. The summed E-state index contributed by atoms with van der Waals surface area (Å²) in [5.74, 6) is 3.04. The van der Waals surface area contributed by atoms with E-state index in [1.54, 1.807) is 12.5 Å². The second-order valence-corrected chi connectivity index (χ2v) is 8.29. The summed E-state index contributed by atoms with van der Waals surface area (Å²) in [4.78, 5) is 11.4. The normalized spacial score (nSPS) is 23.9. The highest BCUT2D eigenvalue weighted by Gasteiger charge is 2.29. The van der Waals surface area contributed by atoms with Crippen LogP contribution in [0, 0.1) is 11.8 Å². The first-order valence-electron chi connectivity index (χ1n) is 10.5. The van der Waals surface area contributed by atoms with E-state index in [0.29, 0.717) is 17.9 Å². The summed E-state index contributed by atoms with van der Waals surface area (Å²) in [6, 6.07) is 2.40. The van der Waals surface area contributed by atoms with Gasteiger partial charge in [-0.3, -0.25) is 4.68 Å². The predicted octanol–water partition coefficient (Wildman–Crippen LogP) is 2.60. The van der Waals surface area contributed by atoms with Crippen molar-refractivity contribution in [3.05, 3.63) is 24.8 Å². The van der Waals surface area contributed by atoms with Crippen LogP contribution in [0.3, 0.4) is 0 Å². The second kappa shape index (κ2) is 8.86. The van der Waals surface area contributed by atoms with Gasteiger partial charge in [0.2, 0.25) is 0 Å². The number of ether oxygens (including phenoxy) is 1. The maximum absolute atomic E-state index is 6.00. The summed E-state index contributed by atoms with van der Waals surface area (Å²) in [5, 5.41) is 11.6. The number of piperidine rings is 1. The minimum Gasteiger partial charge on any atom is -0.376 e. The van der Waals surface area contributed by atoms with E-state index in [1.165, 1.54) is 0 Å². The fourth-order valence-corrected chi connectivity index (χ4v) is 4.34. The van der Waals surface area contributed by atoms with Crippen molar-refractivity contribution < 1.29 is 4.74 Å². The first kappa shape index (κ1) is 19.1. The number of hydrogen-bond donors (Lipinski definition) is 1. The number of nitrogens with one attached hydrogen (secondary N) is 1. The molecule has 0 amide bonds. The summed E-state index contributed by atoms with van der Waals surface area (Å²) in [6.07, 6.45) is 10.1. The van der Waals surface area contributed by atoms with Crippen molar-refractivity contribution in [2.75, 3.05) is 29.9 Å². The van der Waals surface area contributed by atoms with Crippen LogP contribution in [-0.2, 0) is 11.3 Å². The number of anilines is 2. The van der Waals surface area contributed by atoms with Gasteiger partial charge in [-0.05, 0) is 37.5 Å². The van der Waals surface area contributed by atoms with Crippen molar-refractivity contribution in [1.82, 2.24) is 25.0 Å². The lowest BCUT2D eigenvalue weighted by atomic mass is 9.93. The molecule has 1 N–H and O–H groups in total. The molecule has 0 aromatic carbocycles. The number of aromatic nitrogens is 5. The fourth-order valence-electron chi connectivity index (χ4n) is 4.34. The zero-order valence-electron chi connectivity index (χ0n) is 16.9. The van der Waals surface area contributed by atoms with Crippen LogP contribution in [0.2, 0.25) is 0 Å². The number of hydrogen-bond acceptors (Lipinski definition) is 7. The summed E-state index contributed by atoms with van der Waals surface area (Å²) < 4.78 is 7.93. The zero-order valence-corrected chi connectivity index (χ0v) is 16.9. The highest BCUT2D eigenvalue weighted by atomic mass is 16.5. The van der Waals surface area contributed by atoms with Gasteiger partial charge in [-0.1, -0.05) is 19.1 Å². The molecule has 8 nitrogen and oxygen atoms in total. The van der Waals surface area contributed by atoms with E-state index in [0.717, 1.165) is 63.6 Å². The van der Waals surface area contributed by atoms with Gasteiger partial charge in [-0.25, -0.2) is 9.97 Å². The van der Waals surface area contributed by atoms with Crippen molar-refractivity contribution >= 4 is 11.6 Å². The highest BCUT2D eigenvalue weighted by molar-refractivity contribution is 5.49. The lowest BCUT2D eigenvalue weighted by Gasteiger charge is -2.35. The van der Waals surface area contributed by atoms with Gasteiger partial charge in [0.15, 0.2) is 0 Å². The van der Waals surface area contributed by atoms with Gasteiger partial charge in [0.25, 0.3) is 0 Å². The van der Waals surface area contributed by atoms with E-state index in [4.69, 9.17) is 4.74 Å². The van der Waals surface area contributed by atoms with Crippen molar-refractivity contribution in [3.8, 4) is 0 Å². The van der Waals surface area contributed by atoms with Gasteiger partial charge < -0.3 is 15.0 Å². The van der Waals surface area contributed by atoms with Gasteiger partial charge in [0, 0.05) is 38.5 Å². The Bertz CT molecular complexity index is 728. The maximum atomic E-state index is 6.00. The van der Waals surface area contributed by atoms with Crippen molar-refractivity contribution in [1.29, 1.82) is 0 Å². The SMILES string of the molecule is CC(C)C1OCCCC1Nc1cc(N2CCC(Cn3ccnn3)CC2)ncn1. The van der Waals surface area contributed by atoms with E-state index in [9.17, 15) is 0 Å². The van der Waals surface area contributed by atoms with Gasteiger partial charge in [-0.15, -0.1) is 5.10 Å². The first-order chi connectivity index (χ1) is 13.7. The van der Waals surface area contributed by atoms with Crippen LogP contribution < -0.4 is 10.2 Å². The molecule has 152 valence electrons. The third-order valence-corrected chi connectivity index (χ3v) is 5.87. The smallest absolute Gasteiger partial charge is 0.134 e. The lowest BCUT2D eigenvalue weighted by Crippen LogP contribution is -2.43. The average molecular weight is 386 g/mol. The molecule has 0 radical (unpaired) electrons. The minimum absolute atomic E-state index is 0.236. The molecule has 28 heavy (non-hydrogen) atoms. The second-order valence-electron chi connectivity index (χ2n) is 8.29. The van der Waals surface area contributed by atoms with Crippen LogP contribution in [0.4, 0.5) is 11.6 Å². The molecule has 2 atom stereocenters. The lowest BCUT2D eigenvalue weighted by molar-refractivity contribution is -0.0203. The van der Waals surface area contributed by atoms with E-state index < -0.39 is 0 Å². The molecule has 2 unspecified atom stereocenters. The van der Waals surface area contributed by atoms with E-state index >= 15 is 0 Å². The van der Waals surface area contributed by atoms with Crippen LogP contribution in [-0.4, -0.2) is 56.8 Å². The van der Waals surface area contributed by atoms with E-state index in [-0.39, 0.29) is 6.10 Å². The molecule has 0 bridgehead atoms. The first-order valence-corrected chi connectivity index (χ1v) is 10.5. The summed E-state index contributed by atoms with van der Waals surface area (Å²) in [5.41, 5.74) is 0. The molecule has 2 aromatic heterocycles. The molecule has 2 saturated heterocycles. The Hall–Kier alpha value is -2.22. The summed E-state index contributed by atoms with van der Waals surface area (Å²) in [7, 11) is 0. The Labute approximate surface area is 166 Å². The molecule has 0 saturated carbocycles. The number of nitrogens with zero attached hydrogens (tertiary/aromatic N) is 6. The predicted molar refractivity (Wildman–Crippen MR) is 108 cm³/mol. The topological polar surface area (TPSA) is 81.0 Å². The molecule has 2 fully saturated rings. The van der Waals surface area contributed by atoms with Gasteiger partial charge in [-0.2, -0.15) is 0 Å². The van der Waals surface area contributed by atoms with Gasteiger partial charge in [0.05, 0.1) is 18.3 Å². The third-order valence-electron chi connectivity index (χ3n) is 5.87. The number of rotatable bonds is 6. The molecule has 0 spiro atoms. The molecule has 4 rings (SSSR count). The van der Waals surface area contributed by atoms with Crippen LogP contribution >= 0.6 is 0 Å². The Morgan fingerprint density at radius 2 is 2.07 bits per heavy atom. The van der Waals surface area contributed by atoms with E-state index in [2.05, 4.69) is 50.4 Å². The molecule has 2 aliphatic rings. The largest absolute Gasteiger partial charge is 0.376 e. The standard InChI is InChI=1S/C20H31N7O/c1-15(2)20-17(4-3-11-28-20)24-18-12-19(22-14-21-18)26-8-5-16(6-9-26)13-27-10-7-23-25-27/h7,10,12,14-17,20H,3-6,8-9,11,13H2,1-2H3,(H,21,22,24). The Kier molecular flexibility index (Phi) is 6.04. The highest BCUT2D eigenvalue weighted by Crippen LogP contribution is 2.26. The molecule has 0 aliphatic carbocycles. The molecular weight excluding hydrogens is 354 g/mol. The molecule has 2 aromatic rings. The molecule has 4 heterocycles. The van der Waals surface area contributed by atoms with Crippen LogP contribution in [0.1, 0.15) is 39.5 Å². The molecule has 2 aliphatic heterocycles. The van der Waals surface area contributed by atoms with Crippen molar-refractivity contribution in [2.24, 2.45) is 11.8 Å². The Morgan fingerprint density at radius 1 is 1.21 bits per heavy atom. The molecular formula is C20H31N7O. The summed E-state index contributed by atoms with van der Waals surface area (Å²) in [6.45, 7) is 8.27. The van der Waals surface area contributed by atoms with E-state index in [1.807, 2.05) is 10.9 Å². The van der Waals surface area contributed by atoms with Gasteiger partial charge in [0.1, 0.15) is 18.0 Å².